The van der Waals surface area contributed by atoms with E-state index in [1.807, 2.05) is 6.08 Å². The lowest BCUT2D eigenvalue weighted by atomic mass is 10.0. The third kappa shape index (κ3) is 2.90. The Hall–Kier alpha value is -1.27. The maximum Gasteiger partial charge on any atom is 0.189 e. The summed E-state index contributed by atoms with van der Waals surface area (Å²) in [5, 5.41) is 9.58. The Kier molecular flexibility index (Phi) is 5.35. The van der Waals surface area contributed by atoms with Crippen LogP contribution in [-0.2, 0) is 4.74 Å². The van der Waals surface area contributed by atoms with Crippen LogP contribution in [0.2, 0.25) is 0 Å². The van der Waals surface area contributed by atoms with E-state index in [1.54, 1.807) is 14.2 Å². The molecule has 3 rings (SSSR count). The molecule has 0 aromatic heterocycles. The van der Waals surface area contributed by atoms with Crippen molar-refractivity contribution in [2.24, 2.45) is 0 Å². The van der Waals surface area contributed by atoms with Crippen molar-refractivity contribution in [3.8, 4) is 23.3 Å². The predicted molar refractivity (Wildman–Crippen MR) is 95.3 cm³/mol. The largest absolute Gasteiger partial charge is 0.495 e. The lowest BCUT2D eigenvalue weighted by Gasteiger charge is -2.36. The lowest BCUT2D eigenvalue weighted by Crippen LogP contribution is -2.47. The molecule has 0 amide bonds. The molecule has 1 fully saturated rings. The topological polar surface area (TPSA) is 63.9 Å². The number of nitriles is 1. The molecule has 0 spiro atoms. The molecule has 2 aliphatic rings. The molecule has 128 valence electrons. The monoisotopic (exact) mass is 458 g/mol. The van der Waals surface area contributed by atoms with E-state index in [4.69, 9.17) is 18.9 Å². The average molecular weight is 460 g/mol. The third-order valence-corrected chi connectivity index (χ3v) is 5.44. The number of hydrogen-bond donors (Lipinski definition) is 0. The Morgan fingerprint density at radius 1 is 1.17 bits per heavy atom. The highest BCUT2D eigenvalue weighted by atomic mass is 79.9. The van der Waals surface area contributed by atoms with Crippen molar-refractivity contribution in [1.29, 1.82) is 5.26 Å². The van der Waals surface area contributed by atoms with Crippen LogP contribution in [0.1, 0.15) is 5.56 Å². The molecular formula is C16H16Br2N2O4. The molecule has 1 aromatic rings. The number of ether oxygens (including phenoxy) is 4. The van der Waals surface area contributed by atoms with Crippen LogP contribution in [0.3, 0.4) is 0 Å². The number of halogens is 2. The summed E-state index contributed by atoms with van der Waals surface area (Å²) < 4.78 is 23.9. The summed E-state index contributed by atoms with van der Waals surface area (Å²) in [7, 11) is 3.15. The molecule has 2 heterocycles. The predicted octanol–water partition coefficient (Wildman–Crippen LogP) is 3.19. The van der Waals surface area contributed by atoms with Gasteiger partial charge in [-0.05, 0) is 37.9 Å². The highest BCUT2D eigenvalue weighted by molar-refractivity contribution is 9.11. The summed E-state index contributed by atoms with van der Waals surface area (Å²) in [6.07, 6.45) is 1.37. The van der Waals surface area contributed by atoms with Crippen molar-refractivity contribution < 1.29 is 18.9 Å². The highest BCUT2D eigenvalue weighted by Gasteiger charge is 2.34. The number of methoxy groups -OCH3 is 2. The standard InChI is InChI=1S/C16H16Br2N2O4/c1-21-13-10-7-9(8-19)16(20-3-5-23-6-4-20)24-14(10)12(18)15(22-2)11(13)17/h7,16H,3-6H2,1-2H3. The van der Waals surface area contributed by atoms with Gasteiger partial charge in [-0.1, -0.05) is 0 Å². The van der Waals surface area contributed by atoms with Gasteiger partial charge >= 0.3 is 0 Å². The minimum atomic E-state index is -0.446. The van der Waals surface area contributed by atoms with Crippen LogP contribution in [0.4, 0.5) is 0 Å². The van der Waals surface area contributed by atoms with Crippen LogP contribution in [-0.4, -0.2) is 51.7 Å². The fourth-order valence-electron chi connectivity index (χ4n) is 2.84. The van der Waals surface area contributed by atoms with Gasteiger partial charge in [-0.25, -0.2) is 0 Å². The van der Waals surface area contributed by atoms with Gasteiger partial charge in [0.2, 0.25) is 0 Å². The van der Waals surface area contributed by atoms with Gasteiger partial charge in [0.15, 0.2) is 17.7 Å². The van der Waals surface area contributed by atoms with Crippen LogP contribution in [0.25, 0.3) is 6.08 Å². The highest BCUT2D eigenvalue weighted by Crippen LogP contribution is 2.52. The smallest absolute Gasteiger partial charge is 0.189 e. The van der Waals surface area contributed by atoms with Gasteiger partial charge in [0.1, 0.15) is 20.8 Å². The van der Waals surface area contributed by atoms with E-state index in [-0.39, 0.29) is 0 Å². The van der Waals surface area contributed by atoms with Gasteiger partial charge in [-0.2, -0.15) is 5.26 Å². The van der Waals surface area contributed by atoms with Gasteiger partial charge < -0.3 is 18.9 Å². The van der Waals surface area contributed by atoms with Crippen molar-refractivity contribution in [2.75, 3.05) is 40.5 Å². The van der Waals surface area contributed by atoms with Gasteiger partial charge in [0.25, 0.3) is 0 Å². The first-order valence-electron chi connectivity index (χ1n) is 7.35. The summed E-state index contributed by atoms with van der Waals surface area (Å²) in [5.41, 5.74) is 1.24. The summed E-state index contributed by atoms with van der Waals surface area (Å²) in [6.45, 7) is 2.67. The minimum absolute atomic E-state index is 0.446. The van der Waals surface area contributed by atoms with E-state index in [9.17, 15) is 5.26 Å². The minimum Gasteiger partial charge on any atom is -0.495 e. The van der Waals surface area contributed by atoms with Crippen LogP contribution >= 0.6 is 31.9 Å². The van der Waals surface area contributed by atoms with E-state index in [0.717, 1.165) is 0 Å². The summed E-state index contributed by atoms with van der Waals surface area (Å²) in [6, 6.07) is 2.25. The van der Waals surface area contributed by atoms with E-state index >= 15 is 0 Å². The van der Waals surface area contributed by atoms with Gasteiger partial charge in [0, 0.05) is 13.1 Å². The molecule has 1 unspecified atom stereocenters. The second-order valence-corrected chi connectivity index (χ2v) is 6.85. The van der Waals surface area contributed by atoms with E-state index in [0.29, 0.717) is 63.6 Å². The molecule has 2 aliphatic heterocycles. The Balaban J connectivity index is 2.12. The molecule has 8 heteroatoms. The Morgan fingerprint density at radius 2 is 1.83 bits per heavy atom. The number of rotatable bonds is 3. The molecular weight excluding hydrogens is 444 g/mol. The number of morpholine rings is 1. The normalized spacial score (nSPS) is 20.5. The quantitative estimate of drug-likeness (QED) is 0.691. The SMILES string of the molecule is COc1c(Br)c(OC)c2c(c1Br)OC(N1CCOCC1)C(C#N)=C2. The van der Waals surface area contributed by atoms with E-state index in [2.05, 4.69) is 42.8 Å². The van der Waals surface area contributed by atoms with Crippen LogP contribution in [0.15, 0.2) is 14.5 Å². The maximum absolute atomic E-state index is 9.58. The molecule has 0 aliphatic carbocycles. The zero-order valence-corrected chi connectivity index (χ0v) is 16.4. The Labute approximate surface area is 157 Å². The summed E-state index contributed by atoms with van der Waals surface area (Å²) >= 11 is 7.03. The first-order chi connectivity index (χ1) is 11.6. The van der Waals surface area contributed by atoms with Crippen molar-refractivity contribution in [2.45, 2.75) is 6.23 Å². The molecule has 1 saturated heterocycles. The first-order valence-corrected chi connectivity index (χ1v) is 8.94. The molecule has 1 atom stereocenters. The fourth-order valence-corrected chi connectivity index (χ4v) is 4.51. The lowest BCUT2D eigenvalue weighted by molar-refractivity contribution is -0.0293. The van der Waals surface area contributed by atoms with Crippen LogP contribution in [0, 0.1) is 11.3 Å². The van der Waals surface area contributed by atoms with Gasteiger partial charge in [-0.3, -0.25) is 4.90 Å². The van der Waals surface area contributed by atoms with Crippen LogP contribution in [0.5, 0.6) is 17.2 Å². The number of nitrogens with zero attached hydrogens (tertiary/aromatic N) is 2. The van der Waals surface area contributed by atoms with Gasteiger partial charge in [-0.15, -0.1) is 0 Å². The van der Waals surface area contributed by atoms with Crippen molar-refractivity contribution in [1.82, 2.24) is 4.90 Å². The maximum atomic E-state index is 9.58. The second-order valence-electron chi connectivity index (χ2n) is 5.27. The second kappa shape index (κ2) is 7.31. The summed E-state index contributed by atoms with van der Waals surface area (Å²) in [4.78, 5) is 2.09. The third-order valence-electron chi connectivity index (χ3n) is 4.00. The van der Waals surface area contributed by atoms with Crippen molar-refractivity contribution in [3.05, 3.63) is 20.1 Å². The number of hydrogen-bond acceptors (Lipinski definition) is 6. The fraction of sp³-hybridized carbons (Fsp3) is 0.438. The van der Waals surface area contributed by atoms with E-state index in [1.165, 1.54) is 0 Å². The number of fused-ring (bicyclic) bond motifs is 1. The van der Waals surface area contributed by atoms with Crippen molar-refractivity contribution in [3.63, 3.8) is 0 Å². The Morgan fingerprint density at radius 3 is 2.42 bits per heavy atom. The zero-order chi connectivity index (χ0) is 17.3. The van der Waals surface area contributed by atoms with Crippen molar-refractivity contribution >= 4 is 37.9 Å². The average Bonchev–Trinajstić information content (AvgIpc) is 2.62. The van der Waals surface area contributed by atoms with Gasteiger partial charge in [0.05, 0.1) is 38.6 Å². The zero-order valence-electron chi connectivity index (χ0n) is 13.3. The van der Waals surface area contributed by atoms with Crippen LogP contribution < -0.4 is 14.2 Å². The first kappa shape index (κ1) is 17.5. The molecule has 0 bridgehead atoms. The molecule has 0 saturated carbocycles. The molecule has 0 N–H and O–H groups in total. The molecule has 0 radical (unpaired) electrons. The van der Waals surface area contributed by atoms with E-state index < -0.39 is 6.23 Å². The Bertz CT molecular complexity index is 724. The number of benzene rings is 1. The molecule has 6 nitrogen and oxygen atoms in total. The molecule has 24 heavy (non-hydrogen) atoms. The summed E-state index contributed by atoms with van der Waals surface area (Å²) in [5.74, 6) is 1.75. The molecule has 1 aromatic carbocycles.